The van der Waals surface area contributed by atoms with Crippen LogP contribution in [0.15, 0.2) is 30.3 Å². The second-order valence-electron chi connectivity index (χ2n) is 7.83. The fourth-order valence-electron chi connectivity index (χ4n) is 4.27. The van der Waals surface area contributed by atoms with Crippen LogP contribution in [0.25, 0.3) is 0 Å². The van der Waals surface area contributed by atoms with Crippen molar-refractivity contribution in [2.75, 3.05) is 19.7 Å². The molecule has 1 atom stereocenters. The molecule has 2 aliphatic rings. The molecular weight excluding hydrogens is 326 g/mol. The van der Waals surface area contributed by atoms with Crippen LogP contribution in [-0.2, 0) is 20.7 Å². The number of hydrogen-bond donors (Lipinski definition) is 0. The lowest BCUT2D eigenvalue weighted by atomic mass is 9.74. The van der Waals surface area contributed by atoms with Crippen molar-refractivity contribution in [3.05, 3.63) is 35.9 Å². The van der Waals surface area contributed by atoms with Crippen molar-refractivity contribution < 1.29 is 14.3 Å². The summed E-state index contributed by atoms with van der Waals surface area (Å²) in [6, 6.07) is 10.4. The van der Waals surface area contributed by atoms with E-state index in [0.29, 0.717) is 13.2 Å². The van der Waals surface area contributed by atoms with Crippen LogP contribution < -0.4 is 0 Å². The van der Waals surface area contributed by atoms with Gasteiger partial charge in [0.05, 0.1) is 12.0 Å². The molecule has 1 aromatic rings. The number of likely N-dealkylation sites (tertiary alicyclic amines) is 1. The van der Waals surface area contributed by atoms with E-state index >= 15 is 0 Å². The monoisotopic (exact) mass is 357 g/mol. The SMILES string of the molecule is CCOC(=O)[C@@]1(CCCc2ccccc2)CCCN(C(=O)C2CCC2)C1. The third kappa shape index (κ3) is 4.28. The number of piperidine rings is 1. The maximum atomic E-state index is 12.8. The first-order chi connectivity index (χ1) is 12.6. The van der Waals surface area contributed by atoms with Crippen molar-refractivity contribution in [3.8, 4) is 0 Å². The molecule has 0 aromatic heterocycles. The smallest absolute Gasteiger partial charge is 0.313 e. The Bertz CT molecular complexity index is 611. The molecule has 0 bridgehead atoms. The predicted octanol–water partition coefficient (Wildman–Crippen LogP) is 3.98. The summed E-state index contributed by atoms with van der Waals surface area (Å²) < 4.78 is 5.44. The molecule has 142 valence electrons. The normalized spacial score (nSPS) is 23.3. The van der Waals surface area contributed by atoms with Crippen molar-refractivity contribution in [2.24, 2.45) is 11.3 Å². The number of rotatable bonds is 7. The number of ether oxygens (including phenoxy) is 1. The number of hydrogen-bond acceptors (Lipinski definition) is 3. The van der Waals surface area contributed by atoms with Crippen molar-refractivity contribution in [1.82, 2.24) is 4.90 Å². The summed E-state index contributed by atoms with van der Waals surface area (Å²) in [7, 11) is 0. The van der Waals surface area contributed by atoms with Crippen LogP contribution in [0.5, 0.6) is 0 Å². The van der Waals surface area contributed by atoms with Gasteiger partial charge in [-0.2, -0.15) is 0 Å². The summed E-state index contributed by atoms with van der Waals surface area (Å²) in [4.78, 5) is 27.5. The third-order valence-corrected chi connectivity index (χ3v) is 6.02. The Morgan fingerprint density at radius 3 is 2.62 bits per heavy atom. The number of benzene rings is 1. The lowest BCUT2D eigenvalue weighted by Crippen LogP contribution is -2.52. The van der Waals surface area contributed by atoms with Crippen LogP contribution in [0, 0.1) is 11.3 Å². The van der Waals surface area contributed by atoms with E-state index in [1.165, 1.54) is 5.56 Å². The van der Waals surface area contributed by atoms with Gasteiger partial charge in [-0.1, -0.05) is 36.8 Å². The van der Waals surface area contributed by atoms with E-state index in [1.807, 2.05) is 17.9 Å². The average Bonchev–Trinajstić information content (AvgIpc) is 2.61. The van der Waals surface area contributed by atoms with Gasteiger partial charge < -0.3 is 9.64 Å². The third-order valence-electron chi connectivity index (χ3n) is 6.02. The second-order valence-corrected chi connectivity index (χ2v) is 7.83. The summed E-state index contributed by atoms with van der Waals surface area (Å²) in [5.41, 5.74) is 0.771. The maximum absolute atomic E-state index is 12.8. The highest BCUT2D eigenvalue weighted by Gasteiger charge is 2.45. The van der Waals surface area contributed by atoms with Gasteiger partial charge in [0.15, 0.2) is 0 Å². The van der Waals surface area contributed by atoms with Gasteiger partial charge in [0.2, 0.25) is 5.91 Å². The minimum absolute atomic E-state index is 0.112. The van der Waals surface area contributed by atoms with E-state index < -0.39 is 5.41 Å². The second kappa shape index (κ2) is 8.70. The first-order valence-electron chi connectivity index (χ1n) is 10.1. The molecule has 2 fully saturated rings. The number of nitrogens with zero attached hydrogens (tertiary/aromatic N) is 1. The van der Waals surface area contributed by atoms with E-state index in [2.05, 4.69) is 24.3 Å². The Morgan fingerprint density at radius 1 is 1.19 bits per heavy atom. The van der Waals surface area contributed by atoms with Crippen molar-refractivity contribution in [3.63, 3.8) is 0 Å². The zero-order valence-corrected chi connectivity index (χ0v) is 15.9. The van der Waals surface area contributed by atoms with E-state index in [0.717, 1.165) is 57.9 Å². The zero-order valence-electron chi connectivity index (χ0n) is 15.9. The topological polar surface area (TPSA) is 46.6 Å². The quantitative estimate of drug-likeness (QED) is 0.694. The van der Waals surface area contributed by atoms with Crippen LogP contribution in [0.3, 0.4) is 0 Å². The largest absolute Gasteiger partial charge is 0.466 e. The maximum Gasteiger partial charge on any atom is 0.313 e. The van der Waals surface area contributed by atoms with Crippen molar-refractivity contribution in [2.45, 2.75) is 58.3 Å². The Balaban J connectivity index is 1.66. The molecule has 0 spiro atoms. The minimum Gasteiger partial charge on any atom is -0.466 e. The lowest BCUT2D eigenvalue weighted by Gasteiger charge is -2.43. The van der Waals surface area contributed by atoms with Gasteiger partial charge in [-0.25, -0.2) is 0 Å². The Labute approximate surface area is 156 Å². The summed E-state index contributed by atoms with van der Waals surface area (Å²) >= 11 is 0. The van der Waals surface area contributed by atoms with Crippen molar-refractivity contribution in [1.29, 1.82) is 0 Å². The molecule has 4 nitrogen and oxygen atoms in total. The van der Waals surface area contributed by atoms with Gasteiger partial charge in [0, 0.05) is 19.0 Å². The van der Waals surface area contributed by atoms with Crippen LogP contribution in [0.1, 0.15) is 57.4 Å². The Hall–Kier alpha value is -1.84. The standard InChI is InChI=1S/C22H31NO3/c1-2-26-21(25)22(14-7-11-18-9-4-3-5-10-18)15-8-16-23(17-22)20(24)19-12-6-13-19/h3-5,9-10,19H,2,6-8,11-17H2,1H3/t22-/m0/s1. The molecule has 1 aromatic carbocycles. The van der Waals surface area contributed by atoms with Crippen LogP contribution in [0.4, 0.5) is 0 Å². The fourth-order valence-corrected chi connectivity index (χ4v) is 4.27. The molecule has 1 saturated carbocycles. The molecular formula is C22H31NO3. The summed E-state index contributed by atoms with van der Waals surface area (Å²) in [6.07, 6.45) is 7.58. The van der Waals surface area contributed by atoms with E-state index in [4.69, 9.17) is 4.74 Å². The first-order valence-corrected chi connectivity index (χ1v) is 10.1. The van der Waals surface area contributed by atoms with E-state index in [-0.39, 0.29) is 17.8 Å². The van der Waals surface area contributed by atoms with Gasteiger partial charge in [0.25, 0.3) is 0 Å². The predicted molar refractivity (Wildman–Crippen MR) is 102 cm³/mol. The Kier molecular flexibility index (Phi) is 6.33. The molecule has 3 rings (SSSR count). The highest BCUT2D eigenvalue weighted by Crippen LogP contribution is 2.38. The molecule has 1 heterocycles. The molecule has 0 unspecified atom stereocenters. The first kappa shape index (κ1) is 18.9. The van der Waals surface area contributed by atoms with Gasteiger partial charge in [-0.15, -0.1) is 0 Å². The number of amides is 1. The lowest BCUT2D eigenvalue weighted by molar-refractivity contribution is -0.162. The molecule has 26 heavy (non-hydrogen) atoms. The molecule has 1 aliphatic carbocycles. The van der Waals surface area contributed by atoms with E-state index in [1.54, 1.807) is 0 Å². The van der Waals surface area contributed by atoms with Crippen LogP contribution in [0.2, 0.25) is 0 Å². The van der Waals surface area contributed by atoms with Gasteiger partial charge in [-0.3, -0.25) is 9.59 Å². The molecule has 1 aliphatic heterocycles. The highest BCUT2D eigenvalue weighted by molar-refractivity contribution is 5.82. The summed E-state index contributed by atoms with van der Waals surface area (Å²) in [6.45, 7) is 3.58. The minimum atomic E-state index is -0.525. The van der Waals surface area contributed by atoms with Gasteiger partial charge >= 0.3 is 5.97 Å². The number of aryl methyl sites for hydroxylation is 1. The van der Waals surface area contributed by atoms with Crippen LogP contribution in [-0.4, -0.2) is 36.5 Å². The molecule has 0 N–H and O–H groups in total. The highest BCUT2D eigenvalue weighted by atomic mass is 16.5. The molecule has 4 heteroatoms. The number of carbonyl (C=O) groups excluding carboxylic acids is 2. The fraction of sp³-hybridized carbons (Fsp3) is 0.636. The number of carbonyl (C=O) groups is 2. The van der Waals surface area contributed by atoms with Gasteiger partial charge in [0.1, 0.15) is 0 Å². The van der Waals surface area contributed by atoms with Gasteiger partial charge in [-0.05, 0) is 57.4 Å². The zero-order chi connectivity index (χ0) is 18.4. The molecule has 1 amide bonds. The summed E-state index contributed by atoms with van der Waals surface area (Å²) in [5.74, 6) is 0.337. The van der Waals surface area contributed by atoms with E-state index in [9.17, 15) is 9.59 Å². The summed E-state index contributed by atoms with van der Waals surface area (Å²) in [5, 5.41) is 0. The Morgan fingerprint density at radius 2 is 1.96 bits per heavy atom. The number of esters is 1. The average molecular weight is 357 g/mol. The van der Waals surface area contributed by atoms with Crippen LogP contribution >= 0.6 is 0 Å². The molecule has 0 radical (unpaired) electrons. The molecule has 1 saturated heterocycles. The van der Waals surface area contributed by atoms with Crippen molar-refractivity contribution >= 4 is 11.9 Å².